The Hall–Kier alpha value is -3.98. The summed E-state index contributed by atoms with van der Waals surface area (Å²) in [5, 5.41) is 33.8. The van der Waals surface area contributed by atoms with Crippen molar-refractivity contribution in [2.75, 3.05) is 16.8 Å². The molecule has 1 aliphatic rings. The van der Waals surface area contributed by atoms with Gasteiger partial charge in [-0.1, -0.05) is 18.2 Å². The molecule has 0 spiro atoms. The fourth-order valence-corrected chi connectivity index (χ4v) is 2.71. The van der Waals surface area contributed by atoms with E-state index in [0.29, 0.717) is 16.7 Å². The minimum absolute atomic E-state index is 0.0309. The number of rotatable bonds is 1. The number of aryl methyl sites for hydroxylation is 1. The van der Waals surface area contributed by atoms with Gasteiger partial charge in [-0.15, -0.1) is 0 Å². The van der Waals surface area contributed by atoms with E-state index in [-0.39, 0.29) is 34.6 Å². The lowest BCUT2D eigenvalue weighted by atomic mass is 9.93. The molecule has 2 heterocycles. The third-order valence-electron chi connectivity index (χ3n) is 3.92. The molecule has 0 saturated carbocycles. The van der Waals surface area contributed by atoms with E-state index in [1.165, 1.54) is 0 Å². The summed E-state index contributed by atoms with van der Waals surface area (Å²) in [4.78, 5) is 8.55. The first kappa shape index (κ1) is 15.9. The molecule has 1 aromatic heterocycles. The number of nitrogens with one attached hydrogen (secondary N) is 2. The number of aromatic nitrogens is 1. The highest BCUT2D eigenvalue weighted by atomic mass is 16.3. The van der Waals surface area contributed by atoms with Gasteiger partial charge < -0.3 is 21.9 Å². The zero-order valence-corrected chi connectivity index (χ0v) is 13.2. The van der Waals surface area contributed by atoms with Crippen LogP contribution in [0.3, 0.4) is 0 Å². The van der Waals surface area contributed by atoms with E-state index in [0.717, 1.165) is 0 Å². The van der Waals surface area contributed by atoms with Gasteiger partial charge in [-0.25, -0.2) is 9.98 Å². The Bertz CT molecular complexity index is 983. The molecular formula is C16H14N8O. The lowest BCUT2D eigenvalue weighted by Gasteiger charge is -2.26. The number of anilines is 3. The minimum atomic E-state index is -0.757. The summed E-state index contributed by atoms with van der Waals surface area (Å²) in [5.41, 5.74) is 13.6. The van der Waals surface area contributed by atoms with E-state index in [1.54, 1.807) is 31.3 Å². The van der Waals surface area contributed by atoms with Gasteiger partial charge in [-0.2, -0.15) is 10.5 Å². The number of phenolic OH excluding ortho intramolecular Hbond substituents is 1. The van der Waals surface area contributed by atoms with Crippen LogP contribution >= 0.6 is 0 Å². The van der Waals surface area contributed by atoms with Gasteiger partial charge in [0, 0.05) is 11.1 Å². The summed E-state index contributed by atoms with van der Waals surface area (Å²) in [7, 11) is 0. The number of aliphatic imine (C=N–C) groups is 1. The summed E-state index contributed by atoms with van der Waals surface area (Å²) in [6.07, 6.45) is 1.77. The highest BCUT2D eigenvalue weighted by molar-refractivity contribution is 5.98. The molecule has 1 atom stereocenters. The molecule has 1 aliphatic heterocycles. The molecule has 0 bridgehead atoms. The van der Waals surface area contributed by atoms with Crippen molar-refractivity contribution < 1.29 is 5.11 Å². The van der Waals surface area contributed by atoms with Gasteiger partial charge in [-0.05, 0) is 12.5 Å². The predicted molar refractivity (Wildman–Crippen MR) is 92.3 cm³/mol. The minimum Gasteiger partial charge on any atom is -0.507 e. The van der Waals surface area contributed by atoms with Gasteiger partial charge in [0.25, 0.3) is 0 Å². The molecule has 0 saturated heterocycles. The molecule has 7 N–H and O–H groups in total. The standard InChI is InChI=1S/C16H14N8O/c1-7-3-2-4-8(13(7)25)12-10-11(19)9(5-17)14(20)23-15(10)24-16(22-12)21-6-18/h2-4,12,25H,1H3,(H6,19,20,21,22,23,24). The van der Waals surface area contributed by atoms with Gasteiger partial charge in [0.2, 0.25) is 5.96 Å². The summed E-state index contributed by atoms with van der Waals surface area (Å²) in [6, 6.07) is 6.39. The number of aromatic hydroxyl groups is 1. The molecule has 25 heavy (non-hydrogen) atoms. The van der Waals surface area contributed by atoms with Gasteiger partial charge in [-0.3, -0.25) is 5.32 Å². The Morgan fingerprint density at radius 1 is 1.32 bits per heavy atom. The maximum absolute atomic E-state index is 10.4. The zero-order valence-electron chi connectivity index (χ0n) is 13.2. The van der Waals surface area contributed by atoms with Crippen molar-refractivity contribution in [2.24, 2.45) is 4.99 Å². The molecule has 3 rings (SSSR count). The van der Waals surface area contributed by atoms with Crippen LogP contribution in [0, 0.1) is 29.7 Å². The molecule has 9 heteroatoms. The molecule has 0 fully saturated rings. The van der Waals surface area contributed by atoms with Crippen molar-refractivity contribution in [2.45, 2.75) is 13.0 Å². The van der Waals surface area contributed by atoms with Crippen molar-refractivity contribution in [1.82, 2.24) is 10.3 Å². The molecule has 124 valence electrons. The third kappa shape index (κ3) is 2.50. The second kappa shape index (κ2) is 5.91. The largest absolute Gasteiger partial charge is 0.507 e. The van der Waals surface area contributed by atoms with Crippen molar-refractivity contribution in [1.29, 1.82) is 10.5 Å². The number of phenols is 1. The third-order valence-corrected chi connectivity index (χ3v) is 3.92. The Kier molecular flexibility index (Phi) is 3.76. The van der Waals surface area contributed by atoms with Crippen LogP contribution in [0.1, 0.15) is 28.3 Å². The quantitative estimate of drug-likeness (QED) is 0.381. The lowest BCUT2D eigenvalue weighted by molar-refractivity contribution is 0.461. The molecule has 2 aromatic rings. The Morgan fingerprint density at radius 3 is 2.76 bits per heavy atom. The fraction of sp³-hybridized carbons (Fsp3) is 0.125. The molecule has 1 unspecified atom stereocenters. The second-order valence-corrected chi connectivity index (χ2v) is 5.41. The van der Waals surface area contributed by atoms with E-state index < -0.39 is 6.04 Å². The van der Waals surface area contributed by atoms with E-state index in [4.69, 9.17) is 16.7 Å². The molecule has 0 radical (unpaired) electrons. The maximum Gasteiger partial charge on any atom is 0.211 e. The summed E-state index contributed by atoms with van der Waals surface area (Å²) >= 11 is 0. The number of nitrogen functional groups attached to an aromatic ring is 2. The van der Waals surface area contributed by atoms with Crippen LogP contribution in [0.5, 0.6) is 5.75 Å². The average Bonchev–Trinajstić information content (AvgIpc) is 2.57. The molecule has 0 amide bonds. The van der Waals surface area contributed by atoms with Crippen LogP contribution in [0.4, 0.5) is 17.3 Å². The number of nitrogens with zero attached hydrogens (tertiary/aromatic N) is 4. The lowest BCUT2D eigenvalue weighted by Crippen LogP contribution is -2.32. The maximum atomic E-state index is 10.4. The second-order valence-electron chi connectivity index (χ2n) is 5.41. The van der Waals surface area contributed by atoms with Crippen LogP contribution in [0.15, 0.2) is 23.2 Å². The number of nitrogens with two attached hydrogens (primary N) is 2. The van der Waals surface area contributed by atoms with Crippen LogP contribution < -0.4 is 22.1 Å². The summed E-state index contributed by atoms with van der Waals surface area (Å²) in [5.74, 6) is 0.427. The average molecular weight is 334 g/mol. The first-order chi connectivity index (χ1) is 12.0. The Morgan fingerprint density at radius 2 is 2.08 bits per heavy atom. The Balaban J connectivity index is 2.30. The number of fused-ring (bicyclic) bond motifs is 1. The van der Waals surface area contributed by atoms with Crippen LogP contribution in [-0.2, 0) is 0 Å². The van der Waals surface area contributed by atoms with Gasteiger partial charge in [0.1, 0.15) is 35.1 Å². The number of guanidine groups is 1. The van der Waals surface area contributed by atoms with Gasteiger partial charge in [0.15, 0.2) is 6.19 Å². The van der Waals surface area contributed by atoms with Crippen molar-refractivity contribution in [3.05, 3.63) is 40.5 Å². The first-order valence-electron chi connectivity index (χ1n) is 7.25. The molecule has 9 nitrogen and oxygen atoms in total. The topological polar surface area (TPSA) is 169 Å². The van der Waals surface area contributed by atoms with Crippen LogP contribution in [0.25, 0.3) is 0 Å². The molecule has 1 aromatic carbocycles. The zero-order chi connectivity index (χ0) is 18.1. The smallest absolute Gasteiger partial charge is 0.211 e. The van der Waals surface area contributed by atoms with Gasteiger partial charge >= 0.3 is 0 Å². The van der Waals surface area contributed by atoms with E-state index in [1.807, 2.05) is 6.07 Å². The van der Waals surface area contributed by atoms with Crippen molar-refractivity contribution in [3.63, 3.8) is 0 Å². The number of nitriles is 2. The molecule has 0 aliphatic carbocycles. The number of para-hydroxylation sites is 1. The first-order valence-corrected chi connectivity index (χ1v) is 7.25. The number of hydrogen-bond donors (Lipinski definition) is 5. The normalized spacial score (nSPS) is 15.2. The Labute approximate surface area is 143 Å². The summed E-state index contributed by atoms with van der Waals surface area (Å²) < 4.78 is 0. The highest BCUT2D eigenvalue weighted by Crippen LogP contribution is 2.43. The number of hydrogen-bond acceptors (Lipinski definition) is 9. The SMILES string of the molecule is Cc1cccc(C2N=C(NC#N)Nc3nc(N)c(C#N)c(N)c32)c1O. The van der Waals surface area contributed by atoms with Crippen molar-refractivity contribution in [3.8, 4) is 18.0 Å². The summed E-state index contributed by atoms with van der Waals surface area (Å²) in [6.45, 7) is 1.75. The van der Waals surface area contributed by atoms with Crippen LogP contribution in [-0.4, -0.2) is 16.1 Å². The number of pyridine rings is 1. The highest BCUT2D eigenvalue weighted by Gasteiger charge is 2.31. The predicted octanol–water partition coefficient (Wildman–Crippen LogP) is 1.07. The van der Waals surface area contributed by atoms with E-state index in [9.17, 15) is 10.4 Å². The van der Waals surface area contributed by atoms with Gasteiger partial charge in [0.05, 0.1) is 5.69 Å². The number of benzene rings is 1. The fourth-order valence-electron chi connectivity index (χ4n) is 2.71. The van der Waals surface area contributed by atoms with Crippen LogP contribution in [0.2, 0.25) is 0 Å². The van der Waals surface area contributed by atoms with Crippen molar-refractivity contribution >= 4 is 23.3 Å². The van der Waals surface area contributed by atoms with E-state index >= 15 is 0 Å². The molecular weight excluding hydrogens is 320 g/mol. The van der Waals surface area contributed by atoms with E-state index in [2.05, 4.69) is 20.6 Å². The monoisotopic (exact) mass is 334 g/mol.